The van der Waals surface area contributed by atoms with Crippen LogP contribution in [-0.2, 0) is 6.54 Å². The van der Waals surface area contributed by atoms with Crippen LogP contribution in [0.4, 0.5) is 5.69 Å². The summed E-state index contributed by atoms with van der Waals surface area (Å²) in [6, 6.07) is 13.7. The van der Waals surface area contributed by atoms with Crippen molar-refractivity contribution in [3.63, 3.8) is 0 Å². The molecule has 0 N–H and O–H groups in total. The van der Waals surface area contributed by atoms with E-state index < -0.39 is 0 Å². The summed E-state index contributed by atoms with van der Waals surface area (Å²) in [6.07, 6.45) is 1.85. The fourth-order valence-electron chi connectivity index (χ4n) is 3.80. The smallest absolute Gasteiger partial charge is 0.258 e. The van der Waals surface area contributed by atoms with Crippen LogP contribution < -0.4 is 15.2 Å². The van der Waals surface area contributed by atoms with Gasteiger partial charge < -0.3 is 9.64 Å². The van der Waals surface area contributed by atoms with Crippen LogP contribution in [0, 0.1) is 6.92 Å². The molecule has 4 rings (SSSR count). The highest BCUT2D eigenvalue weighted by Gasteiger charge is 2.25. The number of nitrogens with zero attached hydrogens (tertiary/aromatic N) is 4. The average molecular weight is 378 g/mol. The number of rotatable bonds is 5. The Labute approximate surface area is 165 Å². The van der Waals surface area contributed by atoms with Crippen molar-refractivity contribution in [2.45, 2.75) is 26.5 Å². The van der Waals surface area contributed by atoms with Crippen LogP contribution in [0.2, 0.25) is 0 Å². The highest BCUT2D eigenvalue weighted by atomic mass is 16.5. The van der Waals surface area contributed by atoms with Crippen LogP contribution in [0.3, 0.4) is 0 Å². The number of hydrogen-bond donors (Lipinski definition) is 0. The second kappa shape index (κ2) is 7.64. The molecule has 28 heavy (non-hydrogen) atoms. The molecular weight excluding hydrogens is 352 g/mol. The Bertz CT molecular complexity index is 1050. The zero-order valence-electron chi connectivity index (χ0n) is 16.6. The maximum Gasteiger partial charge on any atom is 0.258 e. The normalized spacial score (nSPS) is 16.3. The van der Waals surface area contributed by atoms with Gasteiger partial charge in [0.25, 0.3) is 5.56 Å². The maximum absolute atomic E-state index is 12.4. The van der Waals surface area contributed by atoms with Crippen LogP contribution in [0.5, 0.6) is 5.75 Å². The largest absolute Gasteiger partial charge is 0.485 e. The molecule has 0 fully saturated rings. The number of likely N-dealkylation sites (N-methyl/N-ethyl adjacent to an activating group) is 2. The lowest BCUT2D eigenvalue weighted by atomic mass is 10.2. The molecule has 0 spiro atoms. The molecule has 0 amide bonds. The molecule has 0 saturated heterocycles. The van der Waals surface area contributed by atoms with Crippen LogP contribution in [-0.4, -0.2) is 47.1 Å². The van der Waals surface area contributed by atoms with E-state index in [1.54, 1.807) is 16.7 Å². The molecule has 1 aromatic carbocycles. The molecule has 146 valence electrons. The van der Waals surface area contributed by atoms with E-state index in [1.165, 1.54) is 0 Å². The third kappa shape index (κ3) is 3.73. The van der Waals surface area contributed by atoms with Crippen molar-refractivity contribution in [2.24, 2.45) is 0 Å². The molecule has 0 unspecified atom stereocenters. The minimum absolute atomic E-state index is 0.0478. The molecular formula is C22H26N4O2. The highest BCUT2D eigenvalue weighted by Crippen LogP contribution is 2.32. The zero-order valence-corrected chi connectivity index (χ0v) is 16.6. The fraction of sp³-hybridized carbons (Fsp3) is 0.364. The van der Waals surface area contributed by atoms with Gasteiger partial charge in [-0.25, -0.2) is 4.98 Å². The number of aryl methyl sites for hydroxylation is 1. The number of fused-ring (bicyclic) bond motifs is 2. The fourth-order valence-corrected chi connectivity index (χ4v) is 3.80. The molecule has 6 heteroatoms. The topological polar surface area (TPSA) is 50.1 Å². The summed E-state index contributed by atoms with van der Waals surface area (Å²) >= 11 is 0. The summed E-state index contributed by atoms with van der Waals surface area (Å²) in [5.74, 6) is 0.937. The van der Waals surface area contributed by atoms with Crippen LogP contribution in [0.1, 0.15) is 18.2 Å². The van der Waals surface area contributed by atoms with Gasteiger partial charge in [0.05, 0.1) is 17.9 Å². The molecule has 0 bridgehead atoms. The van der Waals surface area contributed by atoms with Gasteiger partial charge in [-0.05, 0) is 50.7 Å². The van der Waals surface area contributed by atoms with E-state index >= 15 is 0 Å². The SMILES string of the molecule is CCN1C[C@H](CN(C)Cc2cc(=O)n3ccc(C)cc3n2)Oc2ccccc21. The first kappa shape index (κ1) is 18.5. The number of para-hydroxylation sites is 2. The minimum Gasteiger partial charge on any atom is -0.485 e. The Hall–Kier alpha value is -2.86. The van der Waals surface area contributed by atoms with Gasteiger partial charge in [-0.15, -0.1) is 0 Å². The van der Waals surface area contributed by atoms with Gasteiger partial charge in [0, 0.05) is 31.9 Å². The first-order chi connectivity index (χ1) is 13.5. The van der Waals surface area contributed by atoms with Crippen molar-refractivity contribution in [3.8, 4) is 5.75 Å². The van der Waals surface area contributed by atoms with Crippen molar-refractivity contribution in [3.05, 3.63) is 70.3 Å². The minimum atomic E-state index is -0.0478. The monoisotopic (exact) mass is 378 g/mol. The molecule has 1 atom stereocenters. The molecule has 3 aromatic rings. The molecule has 0 aliphatic carbocycles. The Morgan fingerprint density at radius 1 is 1.25 bits per heavy atom. The first-order valence-corrected chi connectivity index (χ1v) is 9.71. The lowest BCUT2D eigenvalue weighted by molar-refractivity contribution is 0.139. The Balaban J connectivity index is 1.48. The molecule has 3 heterocycles. The summed E-state index contributed by atoms with van der Waals surface area (Å²) in [4.78, 5) is 21.6. The van der Waals surface area contributed by atoms with E-state index in [2.05, 4.69) is 27.8 Å². The van der Waals surface area contributed by atoms with Crippen molar-refractivity contribution < 1.29 is 4.74 Å². The quantitative estimate of drug-likeness (QED) is 0.683. The number of benzene rings is 1. The number of ether oxygens (including phenoxy) is 1. The Kier molecular flexibility index (Phi) is 5.05. The van der Waals surface area contributed by atoms with Crippen molar-refractivity contribution in [1.29, 1.82) is 0 Å². The molecule has 6 nitrogen and oxygen atoms in total. The van der Waals surface area contributed by atoms with Crippen LogP contribution >= 0.6 is 0 Å². The van der Waals surface area contributed by atoms with Crippen LogP contribution in [0.15, 0.2) is 53.5 Å². The summed E-state index contributed by atoms with van der Waals surface area (Å²) in [5.41, 5.74) is 3.67. The molecule has 0 saturated carbocycles. The first-order valence-electron chi connectivity index (χ1n) is 9.71. The van der Waals surface area contributed by atoms with E-state index in [9.17, 15) is 4.79 Å². The number of aromatic nitrogens is 2. The van der Waals surface area contributed by atoms with E-state index in [0.717, 1.165) is 42.3 Å². The third-order valence-corrected chi connectivity index (χ3v) is 5.13. The number of hydrogen-bond acceptors (Lipinski definition) is 5. The maximum atomic E-state index is 12.4. The second-order valence-corrected chi connectivity index (χ2v) is 7.46. The molecule has 1 aliphatic heterocycles. The zero-order chi connectivity index (χ0) is 19.7. The van der Waals surface area contributed by atoms with Gasteiger partial charge >= 0.3 is 0 Å². The van der Waals surface area contributed by atoms with Gasteiger partial charge in [0.2, 0.25) is 0 Å². The Morgan fingerprint density at radius 2 is 2.07 bits per heavy atom. The summed E-state index contributed by atoms with van der Waals surface area (Å²) in [5, 5.41) is 0. The summed E-state index contributed by atoms with van der Waals surface area (Å²) in [7, 11) is 2.04. The predicted molar refractivity (Wildman–Crippen MR) is 111 cm³/mol. The summed E-state index contributed by atoms with van der Waals surface area (Å²) < 4.78 is 7.79. The van der Waals surface area contributed by atoms with Gasteiger partial charge in [-0.2, -0.15) is 0 Å². The summed E-state index contributed by atoms with van der Waals surface area (Å²) in [6.45, 7) is 7.33. The van der Waals surface area contributed by atoms with Crippen molar-refractivity contribution in [2.75, 3.05) is 31.6 Å². The second-order valence-electron chi connectivity index (χ2n) is 7.46. The highest BCUT2D eigenvalue weighted by molar-refractivity contribution is 5.60. The van der Waals surface area contributed by atoms with Gasteiger partial charge in [-0.3, -0.25) is 14.1 Å². The standard InChI is InChI=1S/C22H26N4O2/c1-4-25-15-18(28-20-8-6-5-7-19(20)25)14-24(3)13-17-12-22(27)26-10-9-16(2)11-21(26)23-17/h5-12,18H,4,13-15H2,1-3H3/t18-/m0/s1. The van der Waals surface area contributed by atoms with E-state index in [-0.39, 0.29) is 11.7 Å². The lowest BCUT2D eigenvalue weighted by Crippen LogP contribution is -2.45. The average Bonchev–Trinajstić information content (AvgIpc) is 2.66. The Morgan fingerprint density at radius 3 is 2.89 bits per heavy atom. The third-order valence-electron chi connectivity index (χ3n) is 5.13. The van der Waals surface area contributed by atoms with Crippen molar-refractivity contribution >= 4 is 11.3 Å². The van der Waals surface area contributed by atoms with Crippen molar-refractivity contribution in [1.82, 2.24) is 14.3 Å². The van der Waals surface area contributed by atoms with Gasteiger partial charge in [-0.1, -0.05) is 12.1 Å². The number of pyridine rings is 1. The van der Waals surface area contributed by atoms with E-state index in [0.29, 0.717) is 12.2 Å². The number of anilines is 1. The van der Waals surface area contributed by atoms with Crippen LogP contribution in [0.25, 0.3) is 5.65 Å². The molecule has 2 aromatic heterocycles. The van der Waals surface area contributed by atoms with Gasteiger partial charge in [0.1, 0.15) is 17.5 Å². The van der Waals surface area contributed by atoms with E-state index in [1.807, 2.05) is 44.3 Å². The molecule has 0 radical (unpaired) electrons. The van der Waals surface area contributed by atoms with E-state index in [4.69, 9.17) is 4.74 Å². The van der Waals surface area contributed by atoms with Gasteiger partial charge in [0.15, 0.2) is 0 Å². The predicted octanol–water partition coefficient (Wildman–Crippen LogP) is 2.72. The lowest BCUT2D eigenvalue weighted by Gasteiger charge is -2.37. The molecule has 1 aliphatic rings.